The Labute approximate surface area is 170 Å². The zero-order chi connectivity index (χ0) is 20.2. The van der Waals surface area contributed by atoms with Crippen LogP contribution in [0, 0.1) is 0 Å². The van der Waals surface area contributed by atoms with Gasteiger partial charge in [0.05, 0.1) is 11.9 Å². The monoisotopic (exact) mass is 394 g/mol. The molecular formula is C21H26N6O2. The molecule has 1 saturated heterocycles. The number of hydrogen-bond acceptors (Lipinski definition) is 5. The van der Waals surface area contributed by atoms with Crippen LogP contribution in [0.2, 0.25) is 0 Å². The van der Waals surface area contributed by atoms with Crippen LogP contribution in [0.5, 0.6) is 0 Å². The molecule has 152 valence electrons. The average Bonchev–Trinajstić information content (AvgIpc) is 3.53. The highest BCUT2D eigenvalue weighted by atomic mass is 16.2. The van der Waals surface area contributed by atoms with Gasteiger partial charge in [0.2, 0.25) is 0 Å². The first-order chi connectivity index (χ1) is 14.1. The first kappa shape index (κ1) is 19.2. The average molecular weight is 394 g/mol. The van der Waals surface area contributed by atoms with Gasteiger partial charge >= 0.3 is 6.03 Å². The molecule has 2 aromatic rings. The van der Waals surface area contributed by atoms with Crippen LogP contribution >= 0.6 is 0 Å². The Hall–Kier alpha value is -3.13. The van der Waals surface area contributed by atoms with Crippen molar-refractivity contribution in [3.05, 3.63) is 48.2 Å². The maximum absolute atomic E-state index is 12.6. The number of benzene rings is 1. The van der Waals surface area contributed by atoms with E-state index in [9.17, 15) is 9.59 Å². The molecule has 2 aliphatic rings. The van der Waals surface area contributed by atoms with Crippen LogP contribution in [0.3, 0.4) is 0 Å². The van der Waals surface area contributed by atoms with Crippen molar-refractivity contribution in [2.24, 2.45) is 0 Å². The molecule has 1 aliphatic heterocycles. The molecule has 0 radical (unpaired) electrons. The number of anilines is 3. The summed E-state index contributed by atoms with van der Waals surface area (Å²) in [5.41, 5.74) is 1.69. The number of pyridine rings is 1. The van der Waals surface area contributed by atoms with Crippen molar-refractivity contribution in [3.63, 3.8) is 0 Å². The smallest absolute Gasteiger partial charge is 0.319 e. The Morgan fingerprint density at radius 2 is 1.79 bits per heavy atom. The van der Waals surface area contributed by atoms with Gasteiger partial charge in [-0.25, -0.2) is 9.78 Å². The van der Waals surface area contributed by atoms with Crippen LogP contribution in [0.15, 0.2) is 42.6 Å². The number of nitrogens with one attached hydrogen (secondary N) is 3. The van der Waals surface area contributed by atoms with Gasteiger partial charge in [-0.05, 0) is 50.2 Å². The Kier molecular flexibility index (Phi) is 5.62. The van der Waals surface area contributed by atoms with Crippen LogP contribution in [0.1, 0.15) is 23.2 Å². The molecule has 4 rings (SSSR count). The number of urea groups is 1. The third kappa shape index (κ3) is 5.23. The number of carbonyl (C=O) groups excluding carboxylic acids is 2. The molecule has 2 heterocycles. The van der Waals surface area contributed by atoms with E-state index in [-0.39, 0.29) is 18.0 Å². The molecule has 1 aliphatic carbocycles. The normalized spacial score (nSPS) is 16.9. The van der Waals surface area contributed by atoms with Gasteiger partial charge in [-0.1, -0.05) is 6.07 Å². The summed E-state index contributed by atoms with van der Waals surface area (Å²) in [5, 5.41) is 8.49. The van der Waals surface area contributed by atoms with Gasteiger partial charge in [0.15, 0.2) is 0 Å². The van der Waals surface area contributed by atoms with Crippen LogP contribution in [-0.4, -0.2) is 61.1 Å². The van der Waals surface area contributed by atoms with E-state index < -0.39 is 0 Å². The number of piperazine rings is 1. The van der Waals surface area contributed by atoms with Crippen LogP contribution in [0.25, 0.3) is 0 Å². The quantitative estimate of drug-likeness (QED) is 0.724. The van der Waals surface area contributed by atoms with Crippen molar-refractivity contribution in [2.75, 3.05) is 48.8 Å². The minimum atomic E-state index is -0.245. The van der Waals surface area contributed by atoms with E-state index in [2.05, 4.69) is 37.8 Å². The lowest BCUT2D eigenvalue weighted by Gasteiger charge is -2.33. The minimum absolute atomic E-state index is 0.242. The molecule has 0 atom stereocenters. The minimum Gasteiger partial charge on any atom is -0.354 e. The Balaban J connectivity index is 1.35. The van der Waals surface area contributed by atoms with Crippen molar-refractivity contribution in [1.29, 1.82) is 0 Å². The lowest BCUT2D eigenvalue weighted by molar-refractivity contribution is 0.102. The zero-order valence-electron chi connectivity index (χ0n) is 16.5. The number of carbonyl (C=O) groups is 2. The van der Waals surface area contributed by atoms with Crippen molar-refractivity contribution >= 4 is 29.1 Å². The molecule has 29 heavy (non-hydrogen) atoms. The fourth-order valence-corrected chi connectivity index (χ4v) is 3.20. The van der Waals surface area contributed by atoms with Gasteiger partial charge < -0.3 is 25.8 Å². The van der Waals surface area contributed by atoms with Gasteiger partial charge in [-0.3, -0.25) is 4.79 Å². The Bertz CT molecular complexity index is 873. The fourth-order valence-electron chi connectivity index (χ4n) is 3.20. The van der Waals surface area contributed by atoms with E-state index in [1.807, 2.05) is 12.1 Å². The SMILES string of the molecule is CN1CCN(c2ccc(NC(=O)c3cccc(NC(=O)NC4CC4)c3)cn2)CC1. The summed E-state index contributed by atoms with van der Waals surface area (Å²) in [5.74, 6) is 0.675. The predicted octanol–water partition coefficient (Wildman–Crippen LogP) is 2.37. The number of hydrogen-bond donors (Lipinski definition) is 3. The standard InChI is InChI=1S/C21H26N6O2/c1-26-9-11-27(12-10-26)19-8-7-18(14-22-19)23-20(28)15-3-2-4-17(13-15)25-21(29)24-16-5-6-16/h2-4,7-8,13-14,16H,5-6,9-12H2,1H3,(H,23,28)(H2,24,25,29). The third-order valence-electron chi connectivity index (χ3n) is 5.13. The summed E-state index contributed by atoms with van der Waals surface area (Å²) in [7, 11) is 2.12. The molecule has 8 nitrogen and oxygen atoms in total. The summed E-state index contributed by atoms with van der Waals surface area (Å²) in [6, 6.07) is 10.7. The summed E-state index contributed by atoms with van der Waals surface area (Å²) in [6.45, 7) is 3.93. The van der Waals surface area contributed by atoms with Crippen molar-refractivity contribution in [2.45, 2.75) is 18.9 Å². The van der Waals surface area contributed by atoms with Crippen molar-refractivity contribution in [3.8, 4) is 0 Å². The largest absolute Gasteiger partial charge is 0.354 e. The van der Waals surface area contributed by atoms with E-state index in [4.69, 9.17) is 0 Å². The molecule has 8 heteroatoms. The molecule has 0 unspecified atom stereocenters. The highest BCUT2D eigenvalue weighted by Gasteiger charge is 2.23. The molecule has 2 fully saturated rings. The van der Waals surface area contributed by atoms with E-state index in [0.717, 1.165) is 44.8 Å². The Morgan fingerprint density at radius 1 is 1.00 bits per heavy atom. The van der Waals surface area contributed by atoms with Crippen LogP contribution < -0.4 is 20.9 Å². The molecule has 3 N–H and O–H groups in total. The summed E-state index contributed by atoms with van der Waals surface area (Å²) in [4.78, 5) is 33.5. The maximum Gasteiger partial charge on any atom is 0.319 e. The van der Waals surface area contributed by atoms with Crippen LogP contribution in [0.4, 0.5) is 22.0 Å². The number of aromatic nitrogens is 1. The van der Waals surface area contributed by atoms with Gasteiger partial charge in [-0.15, -0.1) is 0 Å². The van der Waals surface area contributed by atoms with Gasteiger partial charge in [0.1, 0.15) is 5.82 Å². The molecule has 0 bridgehead atoms. The zero-order valence-corrected chi connectivity index (χ0v) is 16.5. The number of nitrogens with zero attached hydrogens (tertiary/aromatic N) is 3. The predicted molar refractivity (Wildman–Crippen MR) is 114 cm³/mol. The molecule has 1 aromatic carbocycles. The van der Waals surface area contributed by atoms with E-state index >= 15 is 0 Å². The van der Waals surface area contributed by atoms with Crippen LogP contribution in [-0.2, 0) is 0 Å². The first-order valence-electron chi connectivity index (χ1n) is 9.95. The second-order valence-corrected chi connectivity index (χ2v) is 7.60. The van der Waals surface area contributed by atoms with Gasteiger partial charge in [-0.2, -0.15) is 0 Å². The molecule has 1 saturated carbocycles. The lowest BCUT2D eigenvalue weighted by Crippen LogP contribution is -2.44. The second-order valence-electron chi connectivity index (χ2n) is 7.60. The summed E-state index contributed by atoms with van der Waals surface area (Å²) < 4.78 is 0. The van der Waals surface area contributed by atoms with Gasteiger partial charge in [0, 0.05) is 43.5 Å². The first-order valence-corrected chi connectivity index (χ1v) is 9.95. The number of rotatable bonds is 5. The fraction of sp³-hybridized carbons (Fsp3) is 0.381. The topological polar surface area (TPSA) is 89.6 Å². The van der Waals surface area contributed by atoms with Gasteiger partial charge in [0.25, 0.3) is 5.91 Å². The lowest BCUT2D eigenvalue weighted by atomic mass is 10.2. The number of amides is 3. The highest BCUT2D eigenvalue weighted by Crippen LogP contribution is 2.20. The van der Waals surface area contributed by atoms with Crippen molar-refractivity contribution in [1.82, 2.24) is 15.2 Å². The molecule has 3 amide bonds. The Morgan fingerprint density at radius 3 is 2.48 bits per heavy atom. The number of likely N-dealkylation sites (N-methyl/N-ethyl adjacent to an activating group) is 1. The van der Waals surface area contributed by atoms with E-state index in [0.29, 0.717) is 16.9 Å². The van der Waals surface area contributed by atoms with E-state index in [1.54, 1.807) is 30.5 Å². The summed E-state index contributed by atoms with van der Waals surface area (Å²) in [6.07, 6.45) is 3.73. The van der Waals surface area contributed by atoms with E-state index in [1.165, 1.54) is 0 Å². The molecular weight excluding hydrogens is 368 g/mol. The molecule has 1 aromatic heterocycles. The summed E-state index contributed by atoms with van der Waals surface area (Å²) >= 11 is 0. The third-order valence-corrected chi connectivity index (χ3v) is 5.13. The maximum atomic E-state index is 12.6. The van der Waals surface area contributed by atoms with Crippen molar-refractivity contribution < 1.29 is 9.59 Å². The molecule has 0 spiro atoms. The highest BCUT2D eigenvalue weighted by molar-refractivity contribution is 6.05. The second kappa shape index (κ2) is 8.48.